The van der Waals surface area contributed by atoms with Gasteiger partial charge in [-0.25, -0.2) is 0 Å². The molecule has 0 amide bonds. The van der Waals surface area contributed by atoms with Crippen LogP contribution >= 0.6 is 0 Å². The van der Waals surface area contributed by atoms with Gasteiger partial charge in [0.05, 0.1) is 20.3 Å². The summed E-state index contributed by atoms with van der Waals surface area (Å²) in [6.45, 7) is 2.39. The Kier molecular flexibility index (Phi) is 5.49. The summed E-state index contributed by atoms with van der Waals surface area (Å²) in [5, 5.41) is 13.2. The molecule has 1 unspecified atom stereocenters. The quantitative estimate of drug-likeness (QED) is 0.836. The Balaban J connectivity index is 1.91. The standard InChI is InChI=1S/C15H23NO4/c1-18-13-7-11(8-14(19-2)15(13)17)9-16-10-12-5-3-4-6-20-12/h7-8,12,16-17H,3-6,9-10H2,1-2H3. The second-order valence-electron chi connectivity index (χ2n) is 4.97. The molecule has 0 spiro atoms. The Morgan fingerprint density at radius 3 is 2.50 bits per heavy atom. The monoisotopic (exact) mass is 281 g/mol. The van der Waals surface area contributed by atoms with Crippen molar-refractivity contribution in [1.29, 1.82) is 0 Å². The van der Waals surface area contributed by atoms with E-state index < -0.39 is 0 Å². The van der Waals surface area contributed by atoms with Crippen molar-refractivity contribution in [2.75, 3.05) is 27.4 Å². The van der Waals surface area contributed by atoms with Gasteiger partial charge in [-0.2, -0.15) is 0 Å². The summed E-state index contributed by atoms with van der Waals surface area (Å²) in [5.74, 6) is 0.888. The molecule has 0 aromatic heterocycles. The van der Waals surface area contributed by atoms with Crippen LogP contribution in [0, 0.1) is 0 Å². The van der Waals surface area contributed by atoms with E-state index >= 15 is 0 Å². The van der Waals surface area contributed by atoms with Crippen LogP contribution in [-0.4, -0.2) is 38.6 Å². The van der Waals surface area contributed by atoms with Gasteiger partial charge in [0.2, 0.25) is 5.75 Å². The fraction of sp³-hybridized carbons (Fsp3) is 0.600. The first-order chi connectivity index (χ1) is 9.74. The first-order valence-corrected chi connectivity index (χ1v) is 7.00. The molecule has 5 nitrogen and oxygen atoms in total. The summed E-state index contributed by atoms with van der Waals surface area (Å²) in [6.07, 6.45) is 3.84. The van der Waals surface area contributed by atoms with Crippen LogP contribution in [0.1, 0.15) is 24.8 Å². The molecule has 1 heterocycles. The van der Waals surface area contributed by atoms with Crippen LogP contribution in [0.5, 0.6) is 17.2 Å². The topological polar surface area (TPSA) is 60.0 Å². The molecular weight excluding hydrogens is 258 g/mol. The molecule has 2 N–H and O–H groups in total. The molecule has 20 heavy (non-hydrogen) atoms. The molecule has 1 aromatic rings. The average Bonchev–Trinajstić information content (AvgIpc) is 2.49. The van der Waals surface area contributed by atoms with Crippen molar-refractivity contribution < 1.29 is 19.3 Å². The number of phenolic OH excluding ortho intramolecular Hbond substituents is 1. The SMILES string of the molecule is COc1cc(CNCC2CCCCO2)cc(OC)c1O. The lowest BCUT2D eigenvalue weighted by Gasteiger charge is -2.23. The predicted octanol–water partition coefficient (Wildman–Crippen LogP) is 2.07. The van der Waals surface area contributed by atoms with E-state index in [1.807, 2.05) is 12.1 Å². The second-order valence-corrected chi connectivity index (χ2v) is 4.97. The first kappa shape index (κ1) is 14.9. The number of ether oxygens (including phenoxy) is 3. The fourth-order valence-electron chi connectivity index (χ4n) is 2.40. The van der Waals surface area contributed by atoms with Crippen molar-refractivity contribution in [2.24, 2.45) is 0 Å². The van der Waals surface area contributed by atoms with Crippen molar-refractivity contribution in [3.63, 3.8) is 0 Å². The van der Waals surface area contributed by atoms with E-state index in [9.17, 15) is 5.11 Å². The van der Waals surface area contributed by atoms with Crippen molar-refractivity contribution in [1.82, 2.24) is 5.32 Å². The van der Waals surface area contributed by atoms with Gasteiger partial charge < -0.3 is 24.6 Å². The van der Waals surface area contributed by atoms with Crippen molar-refractivity contribution >= 4 is 0 Å². The Labute approximate surface area is 119 Å². The van der Waals surface area contributed by atoms with Crippen LogP contribution in [0.2, 0.25) is 0 Å². The fourth-order valence-corrected chi connectivity index (χ4v) is 2.40. The van der Waals surface area contributed by atoms with E-state index in [0.717, 1.165) is 25.1 Å². The van der Waals surface area contributed by atoms with E-state index in [1.54, 1.807) is 0 Å². The van der Waals surface area contributed by atoms with Crippen LogP contribution in [0.15, 0.2) is 12.1 Å². The van der Waals surface area contributed by atoms with E-state index in [2.05, 4.69) is 5.32 Å². The summed E-state index contributed by atoms with van der Waals surface area (Å²) < 4.78 is 16.0. The van der Waals surface area contributed by atoms with Crippen LogP contribution < -0.4 is 14.8 Å². The van der Waals surface area contributed by atoms with Gasteiger partial charge in [-0.05, 0) is 37.0 Å². The molecule has 0 radical (unpaired) electrons. The number of hydrogen-bond donors (Lipinski definition) is 2. The lowest BCUT2D eigenvalue weighted by molar-refractivity contribution is 0.0168. The van der Waals surface area contributed by atoms with Crippen LogP contribution in [0.3, 0.4) is 0 Å². The van der Waals surface area contributed by atoms with Gasteiger partial charge in [-0.1, -0.05) is 0 Å². The maximum atomic E-state index is 9.85. The Morgan fingerprint density at radius 2 is 1.95 bits per heavy atom. The van der Waals surface area contributed by atoms with Gasteiger partial charge in [-0.15, -0.1) is 0 Å². The number of aromatic hydroxyl groups is 1. The molecule has 1 aliphatic rings. The summed E-state index contributed by atoms with van der Waals surface area (Å²) in [4.78, 5) is 0. The zero-order valence-electron chi connectivity index (χ0n) is 12.1. The van der Waals surface area contributed by atoms with Crippen LogP contribution in [0.4, 0.5) is 0 Å². The van der Waals surface area contributed by atoms with E-state index in [1.165, 1.54) is 27.1 Å². The predicted molar refractivity (Wildman–Crippen MR) is 76.5 cm³/mol. The van der Waals surface area contributed by atoms with Gasteiger partial charge >= 0.3 is 0 Å². The third kappa shape index (κ3) is 3.77. The highest BCUT2D eigenvalue weighted by Gasteiger charge is 2.14. The number of phenols is 1. The Bertz CT molecular complexity index is 405. The number of hydrogen-bond acceptors (Lipinski definition) is 5. The normalized spacial score (nSPS) is 18.8. The van der Waals surface area contributed by atoms with Gasteiger partial charge in [0.1, 0.15) is 0 Å². The van der Waals surface area contributed by atoms with Gasteiger partial charge in [0, 0.05) is 19.7 Å². The van der Waals surface area contributed by atoms with Gasteiger partial charge in [0.25, 0.3) is 0 Å². The maximum absolute atomic E-state index is 9.85. The molecule has 0 saturated carbocycles. The van der Waals surface area contributed by atoms with E-state index in [-0.39, 0.29) is 5.75 Å². The molecule has 1 aliphatic heterocycles. The highest BCUT2D eigenvalue weighted by Crippen LogP contribution is 2.36. The van der Waals surface area contributed by atoms with Crippen molar-refractivity contribution in [3.8, 4) is 17.2 Å². The summed E-state index contributed by atoms with van der Waals surface area (Å²) >= 11 is 0. The number of methoxy groups -OCH3 is 2. The highest BCUT2D eigenvalue weighted by atomic mass is 16.5. The van der Waals surface area contributed by atoms with Crippen molar-refractivity contribution in [3.05, 3.63) is 17.7 Å². The molecule has 0 bridgehead atoms. The second kappa shape index (κ2) is 7.36. The number of nitrogens with one attached hydrogen (secondary N) is 1. The van der Waals surface area contributed by atoms with Crippen molar-refractivity contribution in [2.45, 2.75) is 31.9 Å². The number of benzene rings is 1. The lowest BCUT2D eigenvalue weighted by Crippen LogP contribution is -2.31. The number of rotatable bonds is 6. The maximum Gasteiger partial charge on any atom is 0.200 e. The molecule has 1 saturated heterocycles. The molecule has 1 fully saturated rings. The molecule has 2 rings (SSSR count). The molecule has 5 heteroatoms. The third-order valence-corrected chi connectivity index (χ3v) is 3.51. The summed E-state index contributed by atoms with van der Waals surface area (Å²) in [5.41, 5.74) is 1.01. The minimum absolute atomic E-state index is 0.0364. The third-order valence-electron chi connectivity index (χ3n) is 3.51. The summed E-state index contributed by atoms with van der Waals surface area (Å²) in [6, 6.07) is 3.62. The van der Waals surface area contributed by atoms with E-state index in [4.69, 9.17) is 14.2 Å². The minimum Gasteiger partial charge on any atom is -0.502 e. The van der Waals surface area contributed by atoms with E-state index in [0.29, 0.717) is 24.1 Å². The lowest BCUT2D eigenvalue weighted by atomic mass is 10.1. The van der Waals surface area contributed by atoms with Gasteiger partial charge in [0.15, 0.2) is 11.5 Å². The first-order valence-electron chi connectivity index (χ1n) is 7.00. The molecule has 0 aliphatic carbocycles. The minimum atomic E-state index is 0.0364. The van der Waals surface area contributed by atoms with Crippen LogP contribution in [0.25, 0.3) is 0 Å². The molecule has 1 atom stereocenters. The van der Waals surface area contributed by atoms with Crippen LogP contribution in [-0.2, 0) is 11.3 Å². The Morgan fingerprint density at radius 1 is 1.25 bits per heavy atom. The van der Waals surface area contributed by atoms with Gasteiger partial charge in [-0.3, -0.25) is 0 Å². The highest BCUT2D eigenvalue weighted by molar-refractivity contribution is 5.52. The molecule has 112 valence electrons. The smallest absolute Gasteiger partial charge is 0.200 e. The zero-order chi connectivity index (χ0) is 14.4. The molecule has 1 aromatic carbocycles. The summed E-state index contributed by atoms with van der Waals surface area (Å²) in [7, 11) is 3.06. The largest absolute Gasteiger partial charge is 0.502 e. The average molecular weight is 281 g/mol. The molecular formula is C15H23NO4. The Hall–Kier alpha value is -1.46. The zero-order valence-corrected chi connectivity index (χ0v) is 12.1.